The molecule has 0 radical (unpaired) electrons. The van der Waals surface area contributed by atoms with Gasteiger partial charge in [-0.3, -0.25) is 24.7 Å². The highest BCUT2D eigenvalue weighted by Gasteiger charge is 2.31. The Morgan fingerprint density at radius 1 is 1.03 bits per heavy atom. The number of benzene rings is 3. The quantitative estimate of drug-likeness (QED) is 0.0722. The fraction of sp³-hybridized carbons (Fsp3) is 0.378. The lowest BCUT2D eigenvalue weighted by Crippen LogP contribution is -2.47. The molecule has 2 aliphatic heterocycles. The van der Waals surface area contributed by atoms with E-state index in [4.69, 9.17) is 16.3 Å². The Hall–Kier alpha value is -5.62. The number of carbonyl (C=O) groups excluding carboxylic acids is 1. The monoisotopic (exact) mass is 902 g/mol. The Morgan fingerprint density at radius 3 is 2.56 bits per heavy atom. The summed E-state index contributed by atoms with van der Waals surface area (Å²) in [7, 11) is -4.64. The van der Waals surface area contributed by atoms with Crippen LogP contribution in [0.3, 0.4) is 0 Å². The third-order valence-electron chi connectivity index (χ3n) is 12.1. The molecule has 3 N–H and O–H groups in total. The zero-order chi connectivity index (χ0) is 44.5. The minimum Gasteiger partial charge on any atom is -0.455 e. The zero-order valence-electron chi connectivity index (χ0n) is 35.0. The molecule has 63 heavy (non-hydrogen) atoms. The number of pyridine rings is 1. The predicted molar refractivity (Wildman–Crippen MR) is 239 cm³/mol. The van der Waals surface area contributed by atoms with Gasteiger partial charge >= 0.3 is 0 Å². The number of carbonyl (C=O) groups is 1. The molecule has 5 aromatic rings. The highest BCUT2D eigenvalue weighted by atomic mass is 35.5. The number of hydrogen-bond donors (Lipinski definition) is 3. The fourth-order valence-corrected chi connectivity index (χ4v) is 9.81. The molecule has 1 unspecified atom stereocenters. The topological polar surface area (TPSA) is 166 Å². The number of rotatable bonds is 14. The van der Waals surface area contributed by atoms with Crippen LogP contribution in [0.1, 0.15) is 55.5 Å². The van der Waals surface area contributed by atoms with Crippen molar-refractivity contribution in [2.45, 2.75) is 56.9 Å². The number of nitrogens with one attached hydrogen (secondary N) is 3. The summed E-state index contributed by atoms with van der Waals surface area (Å²) in [4.78, 5) is 38.4. The average Bonchev–Trinajstić information content (AvgIpc) is 3.90. The first-order valence-electron chi connectivity index (χ1n) is 20.9. The molecule has 332 valence electrons. The van der Waals surface area contributed by atoms with E-state index in [1.165, 1.54) is 35.0 Å². The largest absolute Gasteiger partial charge is 0.455 e. The van der Waals surface area contributed by atoms with Crippen LogP contribution in [0.4, 0.5) is 25.8 Å². The summed E-state index contributed by atoms with van der Waals surface area (Å²) in [5.74, 6) is -0.600. The minimum atomic E-state index is -4.64. The van der Waals surface area contributed by atoms with Crippen molar-refractivity contribution in [3.8, 4) is 11.5 Å². The van der Waals surface area contributed by atoms with E-state index in [0.717, 1.165) is 62.1 Å². The average molecular weight is 903 g/mol. The summed E-state index contributed by atoms with van der Waals surface area (Å²) in [6.07, 6.45) is 4.34. The van der Waals surface area contributed by atoms with Gasteiger partial charge in [0.15, 0.2) is 0 Å². The van der Waals surface area contributed by atoms with Crippen molar-refractivity contribution < 1.29 is 31.7 Å². The van der Waals surface area contributed by atoms with Gasteiger partial charge in [-0.25, -0.2) is 26.9 Å². The normalized spacial score (nSPS) is 18.6. The maximum absolute atomic E-state index is 13.9. The van der Waals surface area contributed by atoms with Crippen molar-refractivity contribution in [2.75, 3.05) is 62.6 Å². The number of halogens is 3. The minimum absolute atomic E-state index is 0.0343. The number of likely N-dealkylation sites (tertiary alicyclic amines) is 1. The van der Waals surface area contributed by atoms with Crippen LogP contribution < -0.4 is 19.7 Å². The lowest BCUT2D eigenvalue weighted by Gasteiger charge is -2.39. The highest BCUT2D eigenvalue weighted by molar-refractivity contribution is 7.90. The van der Waals surface area contributed by atoms with E-state index in [0.29, 0.717) is 42.5 Å². The van der Waals surface area contributed by atoms with Gasteiger partial charge in [-0.15, -0.1) is 0 Å². The summed E-state index contributed by atoms with van der Waals surface area (Å²) < 4.78 is 61.6. The summed E-state index contributed by atoms with van der Waals surface area (Å²) in [5.41, 5.74) is 5.09. The zero-order valence-corrected chi connectivity index (χ0v) is 36.5. The molecule has 0 saturated carbocycles. The van der Waals surface area contributed by atoms with Crippen LogP contribution in [-0.2, 0) is 10.0 Å². The van der Waals surface area contributed by atoms with Crippen molar-refractivity contribution in [3.63, 3.8) is 0 Å². The van der Waals surface area contributed by atoms with Gasteiger partial charge in [-0.1, -0.05) is 43.2 Å². The SMILES string of the molecule is CC1(C)CCC(CN2CCN(c3ccc(C(=O)NS(=O)(=O)c4ccc(NC5CCN(CC(F)F)C5)c([N+](=O)[O-])c4)c(Oc4cnc5[nH]ccc5c4)c3)CC2)=C(c2ccc(Cl)cc2)C1. The predicted octanol–water partition coefficient (Wildman–Crippen LogP) is 8.57. The summed E-state index contributed by atoms with van der Waals surface area (Å²) in [6, 6.07) is 19.6. The van der Waals surface area contributed by atoms with Crippen molar-refractivity contribution in [3.05, 3.63) is 117 Å². The molecular formula is C45H49ClF2N8O6S. The van der Waals surface area contributed by atoms with E-state index < -0.39 is 44.4 Å². The van der Waals surface area contributed by atoms with E-state index in [2.05, 4.69) is 55.8 Å². The Kier molecular flexibility index (Phi) is 12.7. The molecule has 0 bridgehead atoms. The Labute approximate surface area is 369 Å². The number of anilines is 2. The Morgan fingerprint density at radius 2 is 1.81 bits per heavy atom. The number of hydrogen-bond acceptors (Lipinski definition) is 11. The van der Waals surface area contributed by atoms with Crippen molar-refractivity contribution >= 4 is 61.2 Å². The first-order valence-corrected chi connectivity index (χ1v) is 22.8. The lowest BCUT2D eigenvalue weighted by molar-refractivity contribution is -0.384. The van der Waals surface area contributed by atoms with E-state index in [1.54, 1.807) is 29.3 Å². The smallest absolute Gasteiger partial charge is 0.293 e. The summed E-state index contributed by atoms with van der Waals surface area (Å²) in [6.45, 7) is 8.72. The number of amides is 1. The maximum atomic E-state index is 13.9. The second-order valence-electron chi connectivity index (χ2n) is 17.2. The molecule has 2 fully saturated rings. The Bertz CT molecular complexity index is 2650. The molecule has 4 heterocycles. The van der Waals surface area contributed by atoms with Gasteiger partial charge in [-0.05, 0) is 90.8 Å². The van der Waals surface area contributed by atoms with Crippen LogP contribution in [0, 0.1) is 15.5 Å². The van der Waals surface area contributed by atoms with Gasteiger partial charge in [0.25, 0.3) is 28.0 Å². The third kappa shape index (κ3) is 10.4. The van der Waals surface area contributed by atoms with Crippen LogP contribution >= 0.6 is 11.6 Å². The van der Waals surface area contributed by atoms with Crippen LogP contribution in [-0.4, -0.2) is 104 Å². The van der Waals surface area contributed by atoms with E-state index in [1.807, 2.05) is 18.2 Å². The number of aromatic amines is 1. The molecule has 1 atom stereocenters. The van der Waals surface area contributed by atoms with Gasteiger partial charge in [0.2, 0.25) is 0 Å². The van der Waals surface area contributed by atoms with Crippen LogP contribution in [0.25, 0.3) is 16.6 Å². The van der Waals surface area contributed by atoms with Crippen molar-refractivity contribution in [1.82, 2.24) is 24.5 Å². The number of allylic oxidation sites excluding steroid dienone is 1. The number of aromatic nitrogens is 2. The molecule has 1 amide bonds. The number of H-pyrrole nitrogens is 1. The number of nitro groups is 1. The van der Waals surface area contributed by atoms with Gasteiger partial charge in [0.1, 0.15) is 22.8 Å². The number of alkyl halides is 2. The van der Waals surface area contributed by atoms with Gasteiger partial charge < -0.3 is 19.9 Å². The van der Waals surface area contributed by atoms with Crippen LogP contribution in [0.15, 0.2) is 95.7 Å². The number of sulfonamides is 1. The molecule has 2 aromatic heterocycles. The Balaban J connectivity index is 1.000. The maximum Gasteiger partial charge on any atom is 0.293 e. The third-order valence-corrected chi connectivity index (χ3v) is 13.7. The number of ether oxygens (including phenoxy) is 1. The number of nitro benzene ring substituents is 1. The highest BCUT2D eigenvalue weighted by Crippen LogP contribution is 2.43. The molecule has 14 nitrogen and oxygen atoms in total. The summed E-state index contributed by atoms with van der Waals surface area (Å²) in [5, 5.41) is 16.6. The molecule has 18 heteroatoms. The van der Waals surface area contributed by atoms with Gasteiger partial charge in [0, 0.05) is 86.3 Å². The molecule has 0 spiro atoms. The second-order valence-corrected chi connectivity index (χ2v) is 19.3. The lowest BCUT2D eigenvalue weighted by atomic mass is 9.72. The molecule has 3 aliphatic rings. The first-order chi connectivity index (χ1) is 30.1. The second kappa shape index (κ2) is 18.2. The van der Waals surface area contributed by atoms with E-state index in [9.17, 15) is 32.1 Å². The molecular weight excluding hydrogens is 854 g/mol. The van der Waals surface area contributed by atoms with Crippen molar-refractivity contribution in [2.24, 2.45) is 5.41 Å². The van der Waals surface area contributed by atoms with Gasteiger partial charge in [0.05, 0.1) is 28.1 Å². The number of fused-ring (bicyclic) bond motifs is 1. The molecule has 8 rings (SSSR count). The molecule has 3 aromatic carbocycles. The fourth-order valence-electron chi connectivity index (χ4n) is 8.70. The van der Waals surface area contributed by atoms with E-state index >= 15 is 0 Å². The van der Waals surface area contributed by atoms with Gasteiger partial charge in [-0.2, -0.15) is 0 Å². The summed E-state index contributed by atoms with van der Waals surface area (Å²) >= 11 is 6.23. The standard InChI is InChI=1S/C45H49ClF2N8O6S/c1-45(2)14-11-31(38(24-45)29-3-5-32(46)6-4-29)26-53-17-19-55(20-18-53)34-7-9-37(41(22-34)62-35-21-30-12-15-49-43(30)50-25-35)44(57)52-63(60,61)36-8-10-39(40(23-36)56(58)59)51-33-13-16-54(27-33)28-42(47)48/h3-10,12,15,21-23,25,33,42,51H,11,13-14,16-20,24,26-28H2,1-2H3,(H,49,50)(H,52,57). The van der Waals surface area contributed by atoms with Crippen LogP contribution in [0.5, 0.6) is 11.5 Å². The number of nitrogens with zero attached hydrogens (tertiary/aromatic N) is 5. The van der Waals surface area contributed by atoms with Crippen LogP contribution in [0.2, 0.25) is 5.02 Å². The number of piperazine rings is 1. The molecule has 2 saturated heterocycles. The first kappa shape index (κ1) is 44.0. The van der Waals surface area contributed by atoms with Crippen molar-refractivity contribution in [1.29, 1.82) is 0 Å². The van der Waals surface area contributed by atoms with E-state index in [-0.39, 0.29) is 35.0 Å². The molecule has 1 aliphatic carbocycles.